The summed E-state index contributed by atoms with van der Waals surface area (Å²) in [6, 6.07) is 1.52. The third kappa shape index (κ3) is 2.19. The quantitative estimate of drug-likeness (QED) is 0.683. The minimum Gasteiger partial charge on any atom is -0.263 e. The molecule has 1 aromatic rings. The van der Waals surface area contributed by atoms with E-state index in [1.165, 1.54) is 12.3 Å². The molecule has 5 heteroatoms. The van der Waals surface area contributed by atoms with Crippen LogP contribution in [0.4, 0.5) is 0 Å². The predicted molar refractivity (Wildman–Crippen MR) is 46.9 cm³/mol. The zero-order chi connectivity index (χ0) is 9.19. The summed E-state index contributed by atoms with van der Waals surface area (Å²) in [7, 11) is -3.16. The SMILES string of the molecule is CS(=O)(=O)c1cncc(CCl)c1. The average Bonchev–Trinajstić information content (AvgIpc) is 2.03. The lowest BCUT2D eigenvalue weighted by atomic mass is 10.3. The van der Waals surface area contributed by atoms with E-state index in [1.807, 2.05) is 0 Å². The van der Waals surface area contributed by atoms with Gasteiger partial charge >= 0.3 is 0 Å². The molecule has 0 N–H and O–H groups in total. The zero-order valence-electron chi connectivity index (χ0n) is 6.49. The molecule has 1 rings (SSSR count). The molecule has 0 aromatic carbocycles. The molecule has 0 atom stereocenters. The van der Waals surface area contributed by atoms with E-state index in [2.05, 4.69) is 4.98 Å². The van der Waals surface area contributed by atoms with Crippen LogP contribution in [0.5, 0.6) is 0 Å². The summed E-state index contributed by atoms with van der Waals surface area (Å²) >= 11 is 5.51. The van der Waals surface area contributed by atoms with Crippen LogP contribution in [0.1, 0.15) is 5.56 Å². The van der Waals surface area contributed by atoms with E-state index in [-0.39, 0.29) is 10.8 Å². The Balaban J connectivity index is 3.20. The van der Waals surface area contributed by atoms with Crippen molar-refractivity contribution in [1.82, 2.24) is 4.98 Å². The Hall–Kier alpha value is -0.610. The van der Waals surface area contributed by atoms with Gasteiger partial charge in [-0.1, -0.05) is 0 Å². The fourth-order valence-electron chi connectivity index (χ4n) is 0.740. The fourth-order valence-corrected chi connectivity index (χ4v) is 1.50. The molecular formula is C7H8ClNO2S. The van der Waals surface area contributed by atoms with Gasteiger partial charge in [-0.2, -0.15) is 0 Å². The summed E-state index contributed by atoms with van der Waals surface area (Å²) in [6.45, 7) is 0. The van der Waals surface area contributed by atoms with Crippen molar-refractivity contribution in [2.24, 2.45) is 0 Å². The lowest BCUT2D eigenvalue weighted by Crippen LogP contribution is -1.98. The zero-order valence-corrected chi connectivity index (χ0v) is 8.06. The molecule has 0 fully saturated rings. The molecule has 0 saturated heterocycles. The van der Waals surface area contributed by atoms with Gasteiger partial charge in [-0.25, -0.2) is 8.42 Å². The summed E-state index contributed by atoms with van der Waals surface area (Å²) < 4.78 is 22.0. The summed E-state index contributed by atoms with van der Waals surface area (Å²) in [5, 5.41) is 0. The first-order chi connectivity index (χ1) is 5.54. The monoisotopic (exact) mass is 205 g/mol. The normalized spacial score (nSPS) is 11.5. The smallest absolute Gasteiger partial charge is 0.177 e. The van der Waals surface area contributed by atoms with Gasteiger partial charge in [-0.15, -0.1) is 11.6 Å². The molecule has 0 unspecified atom stereocenters. The fraction of sp³-hybridized carbons (Fsp3) is 0.286. The molecule has 3 nitrogen and oxygen atoms in total. The first kappa shape index (κ1) is 9.48. The van der Waals surface area contributed by atoms with Crippen LogP contribution in [0.25, 0.3) is 0 Å². The minimum atomic E-state index is -3.16. The van der Waals surface area contributed by atoms with E-state index >= 15 is 0 Å². The summed E-state index contributed by atoms with van der Waals surface area (Å²) in [5.74, 6) is 0.274. The van der Waals surface area contributed by atoms with Gasteiger partial charge in [-0.05, 0) is 11.6 Å². The van der Waals surface area contributed by atoms with Crippen LogP contribution >= 0.6 is 11.6 Å². The molecule has 66 valence electrons. The number of rotatable bonds is 2. The summed E-state index contributed by atoms with van der Waals surface area (Å²) in [4.78, 5) is 3.97. The highest BCUT2D eigenvalue weighted by Gasteiger charge is 2.07. The molecule has 12 heavy (non-hydrogen) atoms. The van der Waals surface area contributed by atoms with Crippen LogP contribution in [0.15, 0.2) is 23.4 Å². The average molecular weight is 206 g/mol. The van der Waals surface area contributed by atoms with Crippen molar-refractivity contribution < 1.29 is 8.42 Å². The highest BCUT2D eigenvalue weighted by molar-refractivity contribution is 7.90. The van der Waals surface area contributed by atoms with Crippen LogP contribution in [0, 0.1) is 0 Å². The second kappa shape index (κ2) is 3.41. The number of alkyl halides is 1. The minimum absolute atomic E-state index is 0.209. The Bertz CT molecular complexity index is 375. The van der Waals surface area contributed by atoms with Crippen molar-refractivity contribution >= 4 is 21.4 Å². The van der Waals surface area contributed by atoms with Gasteiger partial charge in [0.1, 0.15) is 0 Å². The standard InChI is InChI=1S/C7H8ClNO2S/c1-12(10,11)7-2-6(3-8)4-9-5-7/h2,4-5H,3H2,1H3. The summed E-state index contributed by atoms with van der Waals surface area (Å²) in [6.07, 6.45) is 4.00. The van der Waals surface area contributed by atoms with Crippen molar-refractivity contribution in [2.75, 3.05) is 6.26 Å². The van der Waals surface area contributed by atoms with E-state index < -0.39 is 9.84 Å². The molecule has 0 saturated carbocycles. The first-order valence-electron chi connectivity index (χ1n) is 3.24. The van der Waals surface area contributed by atoms with Gasteiger partial charge in [-0.3, -0.25) is 4.98 Å². The highest BCUT2D eigenvalue weighted by atomic mass is 35.5. The maximum Gasteiger partial charge on any atom is 0.177 e. The molecule has 0 aliphatic rings. The van der Waals surface area contributed by atoms with Gasteiger partial charge in [0.05, 0.1) is 4.90 Å². The second-order valence-electron chi connectivity index (χ2n) is 2.43. The highest BCUT2D eigenvalue weighted by Crippen LogP contribution is 2.10. The Kier molecular flexibility index (Phi) is 2.69. The van der Waals surface area contributed by atoms with E-state index in [4.69, 9.17) is 11.6 Å². The van der Waals surface area contributed by atoms with Gasteiger partial charge in [0.2, 0.25) is 0 Å². The van der Waals surface area contributed by atoms with Crippen LogP contribution < -0.4 is 0 Å². The first-order valence-corrected chi connectivity index (χ1v) is 5.66. The molecular weight excluding hydrogens is 198 g/mol. The van der Waals surface area contributed by atoms with Crippen LogP contribution in [0.3, 0.4) is 0 Å². The molecule has 0 spiro atoms. The van der Waals surface area contributed by atoms with Crippen molar-refractivity contribution in [3.8, 4) is 0 Å². The van der Waals surface area contributed by atoms with E-state index in [0.717, 1.165) is 6.26 Å². The van der Waals surface area contributed by atoms with Gasteiger partial charge in [0.25, 0.3) is 0 Å². The number of halogens is 1. The maximum atomic E-state index is 11.0. The Labute approximate surface area is 76.3 Å². The summed E-state index contributed by atoms with van der Waals surface area (Å²) in [5.41, 5.74) is 0.708. The predicted octanol–water partition coefficient (Wildman–Crippen LogP) is 1.22. The maximum absolute atomic E-state index is 11.0. The topological polar surface area (TPSA) is 47.0 Å². The molecule has 0 radical (unpaired) electrons. The lowest BCUT2D eigenvalue weighted by Gasteiger charge is -1.98. The molecule has 0 bridgehead atoms. The van der Waals surface area contributed by atoms with Crippen molar-refractivity contribution in [2.45, 2.75) is 10.8 Å². The van der Waals surface area contributed by atoms with Gasteiger partial charge in [0.15, 0.2) is 9.84 Å². The van der Waals surface area contributed by atoms with E-state index in [9.17, 15) is 8.42 Å². The van der Waals surface area contributed by atoms with Gasteiger partial charge in [0, 0.05) is 24.5 Å². The number of pyridine rings is 1. The number of sulfone groups is 1. The Morgan fingerprint density at radius 1 is 1.50 bits per heavy atom. The Morgan fingerprint density at radius 2 is 2.17 bits per heavy atom. The van der Waals surface area contributed by atoms with Crippen LogP contribution in [-0.2, 0) is 15.7 Å². The number of hydrogen-bond donors (Lipinski definition) is 0. The Morgan fingerprint density at radius 3 is 2.67 bits per heavy atom. The molecule has 1 aromatic heterocycles. The largest absolute Gasteiger partial charge is 0.263 e. The van der Waals surface area contributed by atoms with E-state index in [0.29, 0.717) is 5.56 Å². The second-order valence-corrected chi connectivity index (χ2v) is 4.72. The van der Waals surface area contributed by atoms with Gasteiger partial charge < -0.3 is 0 Å². The van der Waals surface area contributed by atoms with Crippen LogP contribution in [-0.4, -0.2) is 19.7 Å². The number of aromatic nitrogens is 1. The van der Waals surface area contributed by atoms with E-state index in [1.54, 1.807) is 6.20 Å². The molecule has 0 aliphatic heterocycles. The van der Waals surface area contributed by atoms with Crippen molar-refractivity contribution in [3.05, 3.63) is 24.0 Å². The number of nitrogens with zero attached hydrogens (tertiary/aromatic N) is 1. The lowest BCUT2D eigenvalue weighted by molar-refractivity contribution is 0.601. The van der Waals surface area contributed by atoms with Crippen molar-refractivity contribution in [1.29, 1.82) is 0 Å². The third-order valence-corrected chi connectivity index (χ3v) is 2.74. The van der Waals surface area contributed by atoms with Crippen LogP contribution in [0.2, 0.25) is 0 Å². The molecule has 1 heterocycles. The third-order valence-electron chi connectivity index (χ3n) is 1.35. The molecule has 0 aliphatic carbocycles. The van der Waals surface area contributed by atoms with Crippen molar-refractivity contribution in [3.63, 3.8) is 0 Å². The number of hydrogen-bond acceptors (Lipinski definition) is 3. The molecule has 0 amide bonds.